The van der Waals surface area contributed by atoms with Crippen molar-refractivity contribution in [3.8, 4) is 23.0 Å². The van der Waals surface area contributed by atoms with Gasteiger partial charge in [-0.25, -0.2) is 0 Å². The first-order valence-corrected chi connectivity index (χ1v) is 7.68. The molecule has 2 aromatic carbocycles. The van der Waals surface area contributed by atoms with Crippen LogP contribution in [-0.2, 0) is 32.3 Å². The zero-order valence-electron chi connectivity index (χ0n) is 13.7. The highest BCUT2D eigenvalue weighted by Gasteiger charge is 2.11. The van der Waals surface area contributed by atoms with Crippen LogP contribution in [0.2, 0.25) is 0 Å². The summed E-state index contributed by atoms with van der Waals surface area (Å²) in [7, 11) is 0. The van der Waals surface area contributed by atoms with Crippen molar-refractivity contribution in [1.29, 1.82) is 0 Å². The maximum Gasteiger partial charge on any atom is 0.306 e. The minimum absolute atomic E-state index is 0.103. The van der Waals surface area contributed by atoms with E-state index in [1.807, 2.05) is 0 Å². The summed E-state index contributed by atoms with van der Waals surface area (Å²) in [6.45, 7) is -0.205. The smallest absolute Gasteiger partial charge is 0.306 e. The molecule has 0 spiro atoms. The maximum absolute atomic E-state index is 11.6. The van der Waals surface area contributed by atoms with Gasteiger partial charge in [-0.3, -0.25) is 9.59 Å². The Balaban J connectivity index is 1.70. The van der Waals surface area contributed by atoms with Gasteiger partial charge in [0.05, 0.1) is 12.8 Å². The fraction of sp³-hybridized carbons (Fsp3) is 0.222. The second-order valence-corrected chi connectivity index (χ2v) is 5.47. The molecule has 2 aromatic rings. The number of carbonyl (C=O) groups excluding carboxylic acids is 2. The fourth-order valence-electron chi connectivity index (χ4n) is 1.99. The van der Waals surface area contributed by atoms with Crippen molar-refractivity contribution in [2.24, 2.45) is 0 Å². The molecule has 0 bridgehead atoms. The van der Waals surface area contributed by atoms with Crippen LogP contribution in [0, 0.1) is 0 Å². The third-order valence-electron chi connectivity index (χ3n) is 3.41. The minimum atomic E-state index is -0.614. The number of hydrogen-bond acceptors (Lipinski definition) is 8. The number of benzene rings is 2. The largest absolute Gasteiger partial charge is 0.504 e. The quantitative estimate of drug-likeness (QED) is 0.434. The Kier molecular flexibility index (Phi) is 6.26. The number of carbonyl (C=O) groups is 2. The van der Waals surface area contributed by atoms with E-state index >= 15 is 0 Å². The predicted octanol–water partition coefficient (Wildman–Crippen LogP) is 2.08. The number of phenols is 4. The average Bonchev–Trinajstić information content (AvgIpc) is 2.62. The van der Waals surface area contributed by atoms with E-state index in [2.05, 4.69) is 0 Å². The summed E-state index contributed by atoms with van der Waals surface area (Å²) in [4.78, 5) is 23.3. The fourth-order valence-corrected chi connectivity index (χ4v) is 1.99. The lowest BCUT2D eigenvalue weighted by Crippen LogP contribution is -2.10. The average molecular weight is 362 g/mol. The van der Waals surface area contributed by atoms with Crippen LogP contribution in [-0.4, -0.2) is 32.4 Å². The molecule has 138 valence electrons. The van der Waals surface area contributed by atoms with Crippen molar-refractivity contribution in [2.45, 2.75) is 26.1 Å². The molecule has 0 amide bonds. The molecule has 0 aliphatic carbocycles. The molecule has 0 heterocycles. The Morgan fingerprint density at radius 2 is 1.04 bits per heavy atom. The van der Waals surface area contributed by atoms with Crippen molar-refractivity contribution in [2.75, 3.05) is 0 Å². The van der Waals surface area contributed by atoms with Gasteiger partial charge in [-0.15, -0.1) is 0 Å². The van der Waals surface area contributed by atoms with Gasteiger partial charge in [0, 0.05) is 0 Å². The van der Waals surface area contributed by atoms with Crippen molar-refractivity contribution in [3.05, 3.63) is 47.5 Å². The van der Waals surface area contributed by atoms with E-state index in [0.29, 0.717) is 11.1 Å². The highest BCUT2D eigenvalue weighted by atomic mass is 16.5. The molecule has 0 aliphatic rings. The summed E-state index contributed by atoms with van der Waals surface area (Å²) in [5.41, 5.74) is 0.978. The zero-order chi connectivity index (χ0) is 19.1. The molecule has 26 heavy (non-hydrogen) atoms. The second-order valence-electron chi connectivity index (χ2n) is 5.47. The van der Waals surface area contributed by atoms with E-state index < -0.39 is 11.9 Å². The number of esters is 2. The van der Waals surface area contributed by atoms with Gasteiger partial charge >= 0.3 is 11.9 Å². The predicted molar refractivity (Wildman–Crippen MR) is 88.4 cm³/mol. The van der Waals surface area contributed by atoms with Crippen molar-refractivity contribution in [1.82, 2.24) is 0 Å². The lowest BCUT2D eigenvalue weighted by atomic mass is 10.2. The summed E-state index contributed by atoms with van der Waals surface area (Å²) in [5, 5.41) is 37.1. The number of hydrogen-bond donors (Lipinski definition) is 4. The molecular formula is C18H18O8. The number of rotatable bonds is 7. The first-order chi connectivity index (χ1) is 12.3. The Morgan fingerprint density at radius 3 is 1.38 bits per heavy atom. The Hall–Kier alpha value is -3.42. The summed E-state index contributed by atoms with van der Waals surface area (Å²) in [5.74, 6) is -2.41. The molecule has 0 aliphatic heterocycles. The van der Waals surface area contributed by atoms with Gasteiger partial charge in [0.2, 0.25) is 0 Å². The third kappa shape index (κ3) is 5.59. The maximum atomic E-state index is 11.6. The van der Waals surface area contributed by atoms with Crippen LogP contribution in [0.4, 0.5) is 0 Å². The highest BCUT2D eigenvalue weighted by Crippen LogP contribution is 2.26. The summed E-state index contributed by atoms with van der Waals surface area (Å²) in [6.07, 6.45) is -0.354. The minimum Gasteiger partial charge on any atom is -0.504 e. The first-order valence-electron chi connectivity index (χ1n) is 7.68. The second kappa shape index (κ2) is 8.61. The SMILES string of the molecule is O=C(CCC(=O)OCc1ccc(O)c(O)c1)OCc1ccc(O)c(O)c1. The van der Waals surface area contributed by atoms with Crippen molar-refractivity contribution in [3.63, 3.8) is 0 Å². The van der Waals surface area contributed by atoms with E-state index in [1.165, 1.54) is 36.4 Å². The molecule has 4 N–H and O–H groups in total. The first kappa shape index (κ1) is 18.9. The Morgan fingerprint density at radius 1 is 0.654 bits per heavy atom. The number of phenolic OH excluding ortho intramolecular Hbond substituents is 4. The topological polar surface area (TPSA) is 134 Å². The molecule has 0 radical (unpaired) electrons. The summed E-state index contributed by atoms with van der Waals surface area (Å²) < 4.78 is 9.93. The Labute approximate surface area is 148 Å². The van der Waals surface area contributed by atoms with E-state index in [4.69, 9.17) is 9.47 Å². The normalized spacial score (nSPS) is 10.3. The lowest BCUT2D eigenvalue weighted by Gasteiger charge is -2.07. The van der Waals surface area contributed by atoms with Crippen LogP contribution < -0.4 is 0 Å². The molecule has 0 unspecified atom stereocenters. The Bertz CT molecular complexity index is 732. The van der Waals surface area contributed by atoms with E-state index in [0.717, 1.165) is 0 Å². The van der Waals surface area contributed by atoms with E-state index in [-0.39, 0.29) is 49.1 Å². The van der Waals surface area contributed by atoms with Gasteiger partial charge in [0.1, 0.15) is 13.2 Å². The van der Waals surface area contributed by atoms with E-state index in [1.54, 1.807) is 0 Å². The molecule has 0 atom stereocenters. The third-order valence-corrected chi connectivity index (χ3v) is 3.41. The van der Waals surface area contributed by atoms with E-state index in [9.17, 15) is 30.0 Å². The number of aromatic hydroxyl groups is 4. The monoisotopic (exact) mass is 362 g/mol. The van der Waals surface area contributed by atoms with Crippen LogP contribution >= 0.6 is 0 Å². The van der Waals surface area contributed by atoms with Crippen LogP contribution in [0.1, 0.15) is 24.0 Å². The van der Waals surface area contributed by atoms with Gasteiger partial charge in [0.15, 0.2) is 23.0 Å². The van der Waals surface area contributed by atoms with Crippen LogP contribution in [0.3, 0.4) is 0 Å². The molecule has 0 saturated carbocycles. The van der Waals surface area contributed by atoms with Gasteiger partial charge < -0.3 is 29.9 Å². The summed E-state index contributed by atoms with van der Waals surface area (Å²) >= 11 is 0. The van der Waals surface area contributed by atoms with Gasteiger partial charge in [-0.05, 0) is 35.4 Å². The van der Waals surface area contributed by atoms with Crippen LogP contribution in [0.15, 0.2) is 36.4 Å². The zero-order valence-corrected chi connectivity index (χ0v) is 13.7. The lowest BCUT2D eigenvalue weighted by molar-refractivity contribution is -0.151. The highest BCUT2D eigenvalue weighted by molar-refractivity contribution is 5.77. The van der Waals surface area contributed by atoms with Gasteiger partial charge in [-0.1, -0.05) is 12.1 Å². The van der Waals surface area contributed by atoms with Crippen molar-refractivity contribution < 1.29 is 39.5 Å². The number of ether oxygens (including phenoxy) is 2. The van der Waals surface area contributed by atoms with Crippen LogP contribution in [0.25, 0.3) is 0 Å². The molecule has 8 nitrogen and oxygen atoms in total. The molecule has 0 fully saturated rings. The summed E-state index contributed by atoms with van der Waals surface area (Å²) in [6, 6.07) is 8.06. The molecule has 0 saturated heterocycles. The molecule has 2 rings (SSSR count). The van der Waals surface area contributed by atoms with Gasteiger partial charge in [-0.2, -0.15) is 0 Å². The molecule has 0 aromatic heterocycles. The van der Waals surface area contributed by atoms with Crippen LogP contribution in [0.5, 0.6) is 23.0 Å². The van der Waals surface area contributed by atoms with Crippen molar-refractivity contribution >= 4 is 11.9 Å². The molecule has 8 heteroatoms. The standard InChI is InChI=1S/C18H18O8/c19-13-3-1-11(7-15(13)21)9-25-17(23)5-6-18(24)26-10-12-2-4-14(20)16(22)8-12/h1-4,7-8,19-22H,5-6,9-10H2. The molecular weight excluding hydrogens is 344 g/mol. The van der Waals surface area contributed by atoms with Gasteiger partial charge in [0.25, 0.3) is 0 Å².